The first-order chi connectivity index (χ1) is 11.7. The molecule has 4 rings (SSSR count). The maximum atomic E-state index is 12.2. The van der Waals surface area contributed by atoms with E-state index in [-0.39, 0.29) is 18.9 Å². The van der Waals surface area contributed by atoms with Gasteiger partial charge in [-0.1, -0.05) is 18.2 Å². The van der Waals surface area contributed by atoms with Crippen LogP contribution in [0.25, 0.3) is 11.0 Å². The zero-order valence-electron chi connectivity index (χ0n) is 13.0. The molecule has 0 bridgehead atoms. The van der Waals surface area contributed by atoms with Crippen LogP contribution in [0, 0.1) is 0 Å². The topological polar surface area (TPSA) is 77.4 Å². The van der Waals surface area contributed by atoms with Crippen molar-refractivity contribution in [2.24, 2.45) is 0 Å². The fourth-order valence-corrected chi connectivity index (χ4v) is 2.65. The van der Waals surface area contributed by atoms with Gasteiger partial charge in [-0.05, 0) is 36.8 Å². The maximum Gasteiger partial charge on any atom is 0.334 e. The van der Waals surface area contributed by atoms with E-state index in [4.69, 9.17) is 9.47 Å². The summed E-state index contributed by atoms with van der Waals surface area (Å²) in [6, 6.07) is 12.7. The minimum absolute atomic E-state index is 0.186. The Kier molecular flexibility index (Phi) is 3.45. The van der Waals surface area contributed by atoms with Crippen LogP contribution in [0.2, 0.25) is 0 Å². The molecule has 3 aromatic rings. The van der Waals surface area contributed by atoms with Crippen molar-refractivity contribution in [3.05, 3.63) is 54.4 Å². The summed E-state index contributed by atoms with van der Waals surface area (Å²) in [5.74, 6) is 1.42. The Morgan fingerprint density at radius 1 is 1.21 bits per heavy atom. The Bertz CT molecular complexity index is 906. The summed E-state index contributed by atoms with van der Waals surface area (Å²) in [5.41, 5.74) is 5.36. The number of amides is 2. The molecule has 7 heteroatoms. The Hall–Kier alpha value is -3.22. The lowest BCUT2D eigenvalue weighted by molar-refractivity contribution is 0.174. The van der Waals surface area contributed by atoms with E-state index in [2.05, 4.69) is 15.7 Å². The summed E-state index contributed by atoms with van der Waals surface area (Å²) < 4.78 is 12.3. The van der Waals surface area contributed by atoms with Crippen molar-refractivity contribution < 1.29 is 14.3 Å². The lowest BCUT2D eigenvalue weighted by atomic mass is 10.1. The average Bonchev–Trinajstić information content (AvgIpc) is 3.21. The van der Waals surface area contributed by atoms with Gasteiger partial charge in [-0.2, -0.15) is 0 Å². The van der Waals surface area contributed by atoms with Crippen molar-refractivity contribution in [2.45, 2.75) is 13.0 Å². The number of carbonyl (C=O) groups is 1. The van der Waals surface area contributed by atoms with Gasteiger partial charge in [-0.15, -0.1) is 0 Å². The Morgan fingerprint density at radius 2 is 2.04 bits per heavy atom. The molecule has 1 aromatic heterocycles. The number of imidazole rings is 1. The van der Waals surface area contributed by atoms with Crippen molar-refractivity contribution >= 4 is 17.1 Å². The molecule has 122 valence electrons. The third-order valence-electron chi connectivity index (χ3n) is 3.92. The number of aromatic nitrogens is 2. The van der Waals surface area contributed by atoms with Crippen LogP contribution in [0.1, 0.15) is 18.5 Å². The van der Waals surface area contributed by atoms with Gasteiger partial charge in [-0.25, -0.2) is 19.9 Å². The lowest BCUT2D eigenvalue weighted by Gasteiger charge is -2.16. The molecule has 0 saturated heterocycles. The zero-order chi connectivity index (χ0) is 16.5. The molecule has 1 unspecified atom stereocenters. The van der Waals surface area contributed by atoms with Crippen LogP contribution in [-0.2, 0) is 0 Å². The molecule has 24 heavy (non-hydrogen) atoms. The second kappa shape index (κ2) is 5.77. The molecule has 7 nitrogen and oxygen atoms in total. The number of nitrogens with one attached hydrogen (secondary N) is 2. The third-order valence-corrected chi connectivity index (χ3v) is 3.92. The van der Waals surface area contributed by atoms with Gasteiger partial charge < -0.3 is 14.8 Å². The molecule has 0 radical (unpaired) electrons. The molecule has 2 heterocycles. The van der Waals surface area contributed by atoms with E-state index in [1.54, 1.807) is 11.0 Å². The number of carbonyl (C=O) groups excluding carboxylic acids is 1. The SMILES string of the molecule is CC(NC(=O)Nn1cnc2ccccc21)c1ccc2c(c1)OCO2. The second-order valence-corrected chi connectivity index (χ2v) is 5.52. The zero-order valence-corrected chi connectivity index (χ0v) is 13.0. The Morgan fingerprint density at radius 3 is 2.96 bits per heavy atom. The summed E-state index contributed by atoms with van der Waals surface area (Å²) >= 11 is 0. The average molecular weight is 324 g/mol. The monoisotopic (exact) mass is 324 g/mol. The van der Waals surface area contributed by atoms with Crippen LogP contribution in [0.4, 0.5) is 4.79 Å². The number of hydrogen-bond acceptors (Lipinski definition) is 4. The number of nitrogens with zero attached hydrogens (tertiary/aromatic N) is 2. The van der Waals surface area contributed by atoms with Crippen molar-refractivity contribution in [1.82, 2.24) is 15.0 Å². The van der Waals surface area contributed by atoms with Gasteiger partial charge in [0, 0.05) is 0 Å². The van der Waals surface area contributed by atoms with Crippen LogP contribution < -0.4 is 20.2 Å². The van der Waals surface area contributed by atoms with E-state index >= 15 is 0 Å². The van der Waals surface area contributed by atoms with Crippen molar-refractivity contribution in [3.63, 3.8) is 0 Å². The fraction of sp³-hybridized carbons (Fsp3) is 0.176. The van der Waals surface area contributed by atoms with Crippen molar-refractivity contribution in [1.29, 1.82) is 0 Å². The molecule has 1 aliphatic rings. The number of para-hydroxylation sites is 2. The van der Waals surface area contributed by atoms with E-state index in [0.717, 1.165) is 22.3 Å². The molecular formula is C17H16N4O3. The highest BCUT2D eigenvalue weighted by Gasteiger charge is 2.17. The third kappa shape index (κ3) is 2.60. The summed E-state index contributed by atoms with van der Waals surface area (Å²) in [5, 5.41) is 2.90. The smallest absolute Gasteiger partial charge is 0.334 e. The number of urea groups is 1. The first-order valence-electron chi connectivity index (χ1n) is 7.60. The summed E-state index contributed by atoms with van der Waals surface area (Å²) in [6.07, 6.45) is 1.58. The molecule has 1 aliphatic heterocycles. The van der Waals surface area contributed by atoms with E-state index in [0.29, 0.717) is 5.75 Å². The largest absolute Gasteiger partial charge is 0.454 e. The summed E-state index contributed by atoms with van der Waals surface area (Å²) in [4.78, 5) is 16.5. The molecule has 0 aliphatic carbocycles. The molecule has 0 fully saturated rings. The summed E-state index contributed by atoms with van der Waals surface area (Å²) in [7, 11) is 0. The lowest BCUT2D eigenvalue weighted by Crippen LogP contribution is -2.35. The first-order valence-corrected chi connectivity index (χ1v) is 7.60. The van der Waals surface area contributed by atoms with Crippen LogP contribution in [0.5, 0.6) is 11.5 Å². The molecular weight excluding hydrogens is 308 g/mol. The fourth-order valence-electron chi connectivity index (χ4n) is 2.65. The number of hydrogen-bond donors (Lipinski definition) is 2. The molecule has 1 atom stereocenters. The van der Waals surface area contributed by atoms with Crippen LogP contribution in [0.3, 0.4) is 0 Å². The predicted molar refractivity (Wildman–Crippen MR) is 88.6 cm³/mol. The van der Waals surface area contributed by atoms with Gasteiger partial charge in [0.15, 0.2) is 11.5 Å². The molecule has 2 N–H and O–H groups in total. The highest BCUT2D eigenvalue weighted by Crippen LogP contribution is 2.34. The van der Waals surface area contributed by atoms with Crippen LogP contribution in [0.15, 0.2) is 48.8 Å². The van der Waals surface area contributed by atoms with Gasteiger partial charge in [0.2, 0.25) is 6.79 Å². The van der Waals surface area contributed by atoms with Crippen LogP contribution >= 0.6 is 0 Å². The number of ether oxygens (including phenoxy) is 2. The number of rotatable bonds is 3. The van der Waals surface area contributed by atoms with Crippen LogP contribution in [-0.4, -0.2) is 22.5 Å². The highest BCUT2D eigenvalue weighted by atomic mass is 16.7. The minimum Gasteiger partial charge on any atom is -0.454 e. The van der Waals surface area contributed by atoms with E-state index < -0.39 is 0 Å². The van der Waals surface area contributed by atoms with Gasteiger partial charge in [0.1, 0.15) is 6.33 Å². The molecule has 0 saturated carbocycles. The summed E-state index contributed by atoms with van der Waals surface area (Å²) in [6.45, 7) is 2.14. The van der Waals surface area contributed by atoms with Gasteiger partial charge >= 0.3 is 6.03 Å². The van der Waals surface area contributed by atoms with E-state index in [1.165, 1.54) is 0 Å². The Labute approximate surface area is 138 Å². The van der Waals surface area contributed by atoms with E-state index in [1.807, 2.05) is 49.4 Å². The normalized spacial score (nSPS) is 13.7. The molecule has 0 spiro atoms. The quantitative estimate of drug-likeness (QED) is 0.776. The molecule has 2 amide bonds. The van der Waals surface area contributed by atoms with Gasteiger partial charge in [0.25, 0.3) is 0 Å². The van der Waals surface area contributed by atoms with E-state index in [9.17, 15) is 4.79 Å². The highest BCUT2D eigenvalue weighted by molar-refractivity contribution is 5.85. The minimum atomic E-state index is -0.316. The van der Waals surface area contributed by atoms with Gasteiger partial charge in [0.05, 0.1) is 17.1 Å². The second-order valence-electron chi connectivity index (χ2n) is 5.52. The molecule has 2 aromatic carbocycles. The predicted octanol–water partition coefficient (Wildman–Crippen LogP) is 2.78. The Balaban J connectivity index is 1.45. The van der Waals surface area contributed by atoms with Crippen molar-refractivity contribution in [3.8, 4) is 11.5 Å². The first kappa shape index (κ1) is 14.4. The maximum absolute atomic E-state index is 12.2. The van der Waals surface area contributed by atoms with Crippen molar-refractivity contribution in [2.75, 3.05) is 12.2 Å². The van der Waals surface area contributed by atoms with Gasteiger partial charge in [-0.3, -0.25) is 0 Å². The number of benzene rings is 2. The standard InChI is InChI=1S/C17H16N4O3/c1-11(12-6-7-15-16(8-12)24-10-23-15)19-17(22)20-21-9-18-13-4-2-3-5-14(13)21/h2-9,11H,10H2,1H3,(H2,19,20,22). The number of fused-ring (bicyclic) bond motifs is 2.